The van der Waals surface area contributed by atoms with Crippen molar-refractivity contribution in [3.8, 4) is 0 Å². The highest BCUT2D eigenvalue weighted by atomic mass is 32.2. The van der Waals surface area contributed by atoms with Gasteiger partial charge in [0.05, 0.1) is 4.75 Å². The van der Waals surface area contributed by atoms with Gasteiger partial charge in [-0.05, 0) is 43.2 Å². The second-order valence-corrected chi connectivity index (χ2v) is 6.68. The molecule has 18 heavy (non-hydrogen) atoms. The number of rotatable bonds is 3. The van der Waals surface area contributed by atoms with E-state index in [4.69, 9.17) is 5.73 Å². The molecule has 1 aliphatic rings. The van der Waals surface area contributed by atoms with Crippen molar-refractivity contribution >= 4 is 23.4 Å². The molecule has 1 aromatic rings. The molecule has 0 spiro atoms. The third-order valence-corrected chi connectivity index (χ3v) is 4.93. The molecular weight excluding hydrogens is 244 g/mol. The van der Waals surface area contributed by atoms with Crippen LogP contribution < -0.4 is 5.73 Å². The fourth-order valence-corrected chi connectivity index (χ4v) is 3.63. The summed E-state index contributed by atoms with van der Waals surface area (Å²) >= 11 is 1.78. The summed E-state index contributed by atoms with van der Waals surface area (Å²) in [5.74, 6) is 1.33. The van der Waals surface area contributed by atoms with Crippen molar-refractivity contribution in [3.63, 3.8) is 0 Å². The zero-order valence-corrected chi connectivity index (χ0v) is 11.8. The number of hydrogen-bond donors (Lipinski definition) is 1. The number of benzene rings is 1. The van der Waals surface area contributed by atoms with Crippen LogP contribution in [0.15, 0.2) is 24.3 Å². The molecule has 1 amide bonds. The largest absolute Gasteiger partial charge is 0.399 e. The van der Waals surface area contributed by atoms with Crippen LogP contribution in [0.2, 0.25) is 0 Å². The van der Waals surface area contributed by atoms with E-state index in [2.05, 4.69) is 6.92 Å². The highest BCUT2D eigenvalue weighted by Crippen LogP contribution is 2.39. The summed E-state index contributed by atoms with van der Waals surface area (Å²) in [7, 11) is 1.88. The third-order valence-electron chi connectivity index (χ3n) is 3.42. The Bertz CT molecular complexity index is 424. The Kier molecular flexibility index (Phi) is 3.85. The maximum absolute atomic E-state index is 12.4. The first-order valence-corrected chi connectivity index (χ1v) is 7.24. The smallest absolute Gasteiger partial charge is 0.238 e. The van der Waals surface area contributed by atoms with Crippen LogP contribution in [-0.4, -0.2) is 28.4 Å². The Labute approximate surface area is 113 Å². The minimum absolute atomic E-state index is 0.220. The molecule has 0 aliphatic carbocycles. The second-order valence-electron chi connectivity index (χ2n) is 5.09. The van der Waals surface area contributed by atoms with Gasteiger partial charge in [-0.3, -0.25) is 4.79 Å². The van der Waals surface area contributed by atoms with Crippen LogP contribution in [0.5, 0.6) is 0 Å². The number of thioether (sulfide) groups is 1. The van der Waals surface area contributed by atoms with Gasteiger partial charge in [-0.25, -0.2) is 0 Å². The lowest BCUT2D eigenvalue weighted by Gasteiger charge is -2.28. The zero-order chi connectivity index (χ0) is 13.2. The first-order chi connectivity index (χ1) is 8.51. The lowest BCUT2D eigenvalue weighted by molar-refractivity contribution is -0.132. The number of carbonyl (C=O) groups is 1. The first kappa shape index (κ1) is 13.3. The molecule has 3 nitrogen and oxygen atoms in total. The van der Waals surface area contributed by atoms with Crippen molar-refractivity contribution in [1.82, 2.24) is 4.90 Å². The number of hydrogen-bond acceptors (Lipinski definition) is 3. The summed E-state index contributed by atoms with van der Waals surface area (Å²) < 4.78 is -0.220. The van der Waals surface area contributed by atoms with Gasteiger partial charge < -0.3 is 10.6 Å². The van der Waals surface area contributed by atoms with E-state index in [0.29, 0.717) is 6.54 Å². The fourth-order valence-electron chi connectivity index (χ4n) is 2.32. The number of nitrogens with two attached hydrogens (primary N) is 1. The van der Waals surface area contributed by atoms with Crippen LogP contribution in [0.3, 0.4) is 0 Å². The summed E-state index contributed by atoms with van der Waals surface area (Å²) in [6, 6.07) is 7.70. The number of amides is 1. The van der Waals surface area contributed by atoms with Crippen LogP contribution in [0, 0.1) is 0 Å². The topological polar surface area (TPSA) is 46.3 Å². The lowest BCUT2D eigenvalue weighted by Crippen LogP contribution is -2.41. The van der Waals surface area contributed by atoms with Crippen LogP contribution in [0.4, 0.5) is 5.69 Å². The molecule has 0 aromatic heterocycles. The quantitative estimate of drug-likeness (QED) is 0.853. The summed E-state index contributed by atoms with van der Waals surface area (Å²) in [6.07, 6.45) is 2.13. The highest BCUT2D eigenvalue weighted by molar-refractivity contribution is 8.01. The Hall–Kier alpha value is -1.16. The molecule has 2 N–H and O–H groups in total. The normalized spacial score (nSPS) is 23.0. The van der Waals surface area contributed by atoms with Crippen molar-refractivity contribution in [3.05, 3.63) is 29.8 Å². The monoisotopic (exact) mass is 264 g/mol. The van der Waals surface area contributed by atoms with Crippen LogP contribution in [0.1, 0.15) is 25.3 Å². The van der Waals surface area contributed by atoms with E-state index in [1.807, 2.05) is 36.2 Å². The summed E-state index contributed by atoms with van der Waals surface area (Å²) in [6.45, 7) is 2.71. The van der Waals surface area contributed by atoms with Gasteiger partial charge >= 0.3 is 0 Å². The van der Waals surface area contributed by atoms with Crippen LogP contribution >= 0.6 is 11.8 Å². The molecule has 0 radical (unpaired) electrons. The molecule has 98 valence electrons. The third kappa shape index (κ3) is 2.80. The molecule has 2 rings (SSSR count). The van der Waals surface area contributed by atoms with Crippen molar-refractivity contribution in [2.24, 2.45) is 0 Å². The van der Waals surface area contributed by atoms with Crippen LogP contribution in [-0.2, 0) is 11.3 Å². The van der Waals surface area contributed by atoms with E-state index in [-0.39, 0.29) is 10.7 Å². The van der Waals surface area contributed by atoms with E-state index >= 15 is 0 Å². The van der Waals surface area contributed by atoms with Crippen LogP contribution in [0.25, 0.3) is 0 Å². The molecule has 1 unspecified atom stereocenters. The molecule has 1 aromatic carbocycles. The molecule has 1 saturated heterocycles. The van der Waals surface area contributed by atoms with Crippen molar-refractivity contribution in [1.29, 1.82) is 0 Å². The van der Waals surface area contributed by atoms with E-state index in [1.54, 1.807) is 11.8 Å². The van der Waals surface area contributed by atoms with Gasteiger partial charge in [0.1, 0.15) is 0 Å². The number of nitrogen functional groups attached to an aromatic ring is 1. The van der Waals surface area contributed by atoms with Crippen molar-refractivity contribution < 1.29 is 4.79 Å². The molecule has 0 saturated carbocycles. The van der Waals surface area contributed by atoms with E-state index in [1.165, 1.54) is 0 Å². The van der Waals surface area contributed by atoms with Gasteiger partial charge in [0.25, 0.3) is 0 Å². The zero-order valence-electron chi connectivity index (χ0n) is 11.0. The van der Waals surface area contributed by atoms with E-state index < -0.39 is 0 Å². The Morgan fingerprint density at radius 2 is 2.11 bits per heavy atom. The minimum Gasteiger partial charge on any atom is -0.399 e. The molecular formula is C14H20N2OS. The number of carbonyl (C=O) groups excluding carboxylic acids is 1. The lowest BCUT2D eigenvalue weighted by atomic mass is 10.0. The number of anilines is 1. The second kappa shape index (κ2) is 5.22. The maximum atomic E-state index is 12.4. The van der Waals surface area contributed by atoms with E-state index in [0.717, 1.165) is 29.8 Å². The molecule has 1 atom stereocenters. The van der Waals surface area contributed by atoms with Gasteiger partial charge in [-0.1, -0.05) is 12.1 Å². The molecule has 4 heteroatoms. The Morgan fingerprint density at radius 1 is 1.44 bits per heavy atom. The Morgan fingerprint density at radius 3 is 2.67 bits per heavy atom. The summed E-state index contributed by atoms with van der Waals surface area (Å²) in [4.78, 5) is 14.2. The standard InChI is InChI=1S/C14H20N2OS/c1-14(8-3-9-18-14)13(17)16(2)10-11-4-6-12(15)7-5-11/h4-7H,3,8-10,15H2,1-2H3. The summed E-state index contributed by atoms with van der Waals surface area (Å²) in [5, 5.41) is 0. The highest BCUT2D eigenvalue weighted by Gasteiger charge is 2.38. The molecule has 1 heterocycles. The van der Waals surface area contributed by atoms with Gasteiger partial charge in [0, 0.05) is 19.3 Å². The SMILES string of the molecule is CN(Cc1ccc(N)cc1)C(=O)C1(C)CCCS1. The predicted molar refractivity (Wildman–Crippen MR) is 77.4 cm³/mol. The minimum atomic E-state index is -0.220. The average molecular weight is 264 g/mol. The van der Waals surface area contributed by atoms with Crippen molar-refractivity contribution in [2.75, 3.05) is 18.5 Å². The van der Waals surface area contributed by atoms with Gasteiger partial charge in [-0.2, -0.15) is 0 Å². The Balaban J connectivity index is 2.01. The fraction of sp³-hybridized carbons (Fsp3) is 0.500. The molecule has 1 aliphatic heterocycles. The predicted octanol–water partition coefficient (Wildman–Crippen LogP) is 2.51. The number of nitrogens with zero attached hydrogens (tertiary/aromatic N) is 1. The average Bonchev–Trinajstić information content (AvgIpc) is 2.79. The maximum Gasteiger partial charge on any atom is 0.238 e. The molecule has 0 bridgehead atoms. The van der Waals surface area contributed by atoms with Gasteiger partial charge in [0.2, 0.25) is 5.91 Å². The first-order valence-electron chi connectivity index (χ1n) is 6.25. The van der Waals surface area contributed by atoms with E-state index in [9.17, 15) is 4.79 Å². The summed E-state index contributed by atoms with van der Waals surface area (Å²) in [5.41, 5.74) is 7.53. The molecule has 1 fully saturated rings. The van der Waals surface area contributed by atoms with Crippen molar-refractivity contribution in [2.45, 2.75) is 31.1 Å². The van der Waals surface area contributed by atoms with Gasteiger partial charge in [0.15, 0.2) is 0 Å². The van der Waals surface area contributed by atoms with Gasteiger partial charge in [-0.15, -0.1) is 11.8 Å².